The number of hydrogen-bond acceptors (Lipinski definition) is 2. The quantitative estimate of drug-likeness (QED) is 0.795. The molecular weight excluding hydrogens is 184 g/mol. The van der Waals surface area contributed by atoms with E-state index < -0.39 is 0 Å². The maximum absolute atomic E-state index is 3.26. The predicted octanol–water partition coefficient (Wildman–Crippen LogP) is 2.29. The molecule has 0 bridgehead atoms. The highest BCUT2D eigenvalue weighted by atomic mass is 15.2. The predicted molar refractivity (Wildman–Crippen MR) is 66.0 cm³/mol. The van der Waals surface area contributed by atoms with Crippen molar-refractivity contribution < 1.29 is 0 Å². The average Bonchev–Trinajstić information content (AvgIpc) is 2.26. The average molecular weight is 206 g/mol. The molecular formula is C13H22N2. The SMILES string of the molecule is CNCC(c1ccccc1)N(C)C(C)C. The molecule has 0 aromatic heterocycles. The summed E-state index contributed by atoms with van der Waals surface area (Å²) in [6, 6.07) is 11.7. The maximum Gasteiger partial charge on any atom is 0.0472 e. The second-order valence-electron chi connectivity index (χ2n) is 4.24. The molecule has 0 amide bonds. The summed E-state index contributed by atoms with van der Waals surface area (Å²) < 4.78 is 0. The summed E-state index contributed by atoms with van der Waals surface area (Å²) in [5.74, 6) is 0. The van der Waals surface area contributed by atoms with E-state index >= 15 is 0 Å². The van der Waals surface area contributed by atoms with E-state index in [1.165, 1.54) is 5.56 Å². The Morgan fingerprint density at radius 1 is 1.20 bits per heavy atom. The van der Waals surface area contributed by atoms with Gasteiger partial charge in [-0.15, -0.1) is 0 Å². The van der Waals surface area contributed by atoms with E-state index in [0.29, 0.717) is 12.1 Å². The molecule has 1 N–H and O–H groups in total. The summed E-state index contributed by atoms with van der Waals surface area (Å²) in [7, 11) is 4.18. The van der Waals surface area contributed by atoms with Crippen molar-refractivity contribution in [2.24, 2.45) is 0 Å². The van der Waals surface area contributed by atoms with Gasteiger partial charge in [-0.1, -0.05) is 30.3 Å². The molecule has 0 saturated carbocycles. The number of likely N-dealkylation sites (N-methyl/N-ethyl adjacent to an activating group) is 2. The van der Waals surface area contributed by atoms with Crippen molar-refractivity contribution in [3.05, 3.63) is 35.9 Å². The molecule has 2 heteroatoms. The molecule has 1 aromatic rings. The molecule has 0 heterocycles. The first kappa shape index (κ1) is 12.2. The smallest absolute Gasteiger partial charge is 0.0472 e. The fraction of sp³-hybridized carbons (Fsp3) is 0.538. The van der Waals surface area contributed by atoms with Crippen molar-refractivity contribution in [2.75, 3.05) is 20.6 Å². The zero-order valence-electron chi connectivity index (χ0n) is 10.2. The Morgan fingerprint density at radius 2 is 1.80 bits per heavy atom. The molecule has 2 nitrogen and oxygen atoms in total. The minimum Gasteiger partial charge on any atom is -0.318 e. The highest BCUT2D eigenvalue weighted by molar-refractivity contribution is 5.19. The zero-order valence-corrected chi connectivity index (χ0v) is 10.2. The summed E-state index contributed by atoms with van der Waals surface area (Å²) >= 11 is 0. The second kappa shape index (κ2) is 5.89. The van der Waals surface area contributed by atoms with Crippen molar-refractivity contribution in [1.82, 2.24) is 10.2 Å². The van der Waals surface area contributed by atoms with Gasteiger partial charge in [0.1, 0.15) is 0 Å². The van der Waals surface area contributed by atoms with E-state index in [9.17, 15) is 0 Å². The Morgan fingerprint density at radius 3 is 2.27 bits per heavy atom. The van der Waals surface area contributed by atoms with Crippen LogP contribution in [0.1, 0.15) is 25.5 Å². The lowest BCUT2D eigenvalue weighted by Gasteiger charge is -2.31. The standard InChI is InChI=1S/C13H22N2/c1-11(2)15(4)13(10-14-3)12-8-6-5-7-9-12/h5-9,11,13-14H,10H2,1-4H3. The number of hydrogen-bond donors (Lipinski definition) is 1. The zero-order chi connectivity index (χ0) is 11.3. The van der Waals surface area contributed by atoms with Crippen LogP contribution < -0.4 is 5.32 Å². The topological polar surface area (TPSA) is 15.3 Å². The van der Waals surface area contributed by atoms with E-state index in [-0.39, 0.29) is 0 Å². The third-order valence-electron chi connectivity index (χ3n) is 2.89. The van der Waals surface area contributed by atoms with Gasteiger partial charge >= 0.3 is 0 Å². The molecule has 0 aliphatic rings. The largest absolute Gasteiger partial charge is 0.318 e. The third kappa shape index (κ3) is 3.33. The van der Waals surface area contributed by atoms with Gasteiger partial charge in [0.05, 0.1) is 0 Å². The lowest BCUT2D eigenvalue weighted by atomic mass is 10.0. The Hall–Kier alpha value is -0.860. The van der Waals surface area contributed by atoms with Gasteiger partial charge in [0.2, 0.25) is 0 Å². The van der Waals surface area contributed by atoms with Gasteiger partial charge in [0, 0.05) is 18.6 Å². The van der Waals surface area contributed by atoms with E-state index in [1.54, 1.807) is 0 Å². The van der Waals surface area contributed by atoms with Crippen LogP contribution in [-0.2, 0) is 0 Å². The highest BCUT2D eigenvalue weighted by Crippen LogP contribution is 2.20. The lowest BCUT2D eigenvalue weighted by Crippen LogP contribution is -2.36. The van der Waals surface area contributed by atoms with Crippen LogP contribution in [0, 0.1) is 0 Å². The van der Waals surface area contributed by atoms with Gasteiger partial charge < -0.3 is 5.32 Å². The van der Waals surface area contributed by atoms with Gasteiger partial charge in [-0.3, -0.25) is 4.90 Å². The van der Waals surface area contributed by atoms with Gasteiger partial charge in [-0.05, 0) is 33.5 Å². The van der Waals surface area contributed by atoms with E-state index in [2.05, 4.69) is 61.4 Å². The first-order valence-electron chi connectivity index (χ1n) is 5.58. The molecule has 0 spiro atoms. The Kier molecular flexibility index (Phi) is 4.79. The summed E-state index contributed by atoms with van der Waals surface area (Å²) in [4.78, 5) is 2.39. The van der Waals surface area contributed by atoms with Crippen LogP contribution in [0.15, 0.2) is 30.3 Å². The van der Waals surface area contributed by atoms with Crippen molar-refractivity contribution in [3.8, 4) is 0 Å². The summed E-state index contributed by atoms with van der Waals surface area (Å²) in [5, 5.41) is 3.26. The number of benzene rings is 1. The van der Waals surface area contributed by atoms with Crippen molar-refractivity contribution in [2.45, 2.75) is 25.9 Å². The Labute approximate surface area is 93.3 Å². The van der Waals surface area contributed by atoms with Crippen molar-refractivity contribution in [3.63, 3.8) is 0 Å². The van der Waals surface area contributed by atoms with Crippen LogP contribution in [-0.4, -0.2) is 31.6 Å². The van der Waals surface area contributed by atoms with Gasteiger partial charge in [-0.25, -0.2) is 0 Å². The van der Waals surface area contributed by atoms with Gasteiger partial charge in [-0.2, -0.15) is 0 Å². The highest BCUT2D eigenvalue weighted by Gasteiger charge is 2.17. The maximum atomic E-state index is 3.26. The van der Waals surface area contributed by atoms with Crippen LogP contribution in [0.4, 0.5) is 0 Å². The third-order valence-corrected chi connectivity index (χ3v) is 2.89. The van der Waals surface area contributed by atoms with Crippen molar-refractivity contribution in [1.29, 1.82) is 0 Å². The fourth-order valence-electron chi connectivity index (χ4n) is 1.73. The molecule has 0 radical (unpaired) electrons. The summed E-state index contributed by atoms with van der Waals surface area (Å²) in [6.07, 6.45) is 0. The molecule has 0 fully saturated rings. The van der Waals surface area contributed by atoms with E-state index in [4.69, 9.17) is 0 Å². The van der Waals surface area contributed by atoms with Crippen LogP contribution in [0.25, 0.3) is 0 Å². The van der Waals surface area contributed by atoms with E-state index in [0.717, 1.165) is 6.54 Å². The number of nitrogens with one attached hydrogen (secondary N) is 1. The minimum absolute atomic E-state index is 0.455. The normalized spacial score (nSPS) is 13.5. The molecule has 1 rings (SSSR count). The molecule has 0 aliphatic heterocycles. The number of nitrogens with zero attached hydrogens (tertiary/aromatic N) is 1. The van der Waals surface area contributed by atoms with Crippen LogP contribution in [0.5, 0.6) is 0 Å². The first-order valence-corrected chi connectivity index (χ1v) is 5.58. The molecule has 0 saturated heterocycles. The summed E-state index contributed by atoms with van der Waals surface area (Å²) in [5.41, 5.74) is 1.38. The first-order chi connectivity index (χ1) is 7.16. The molecule has 15 heavy (non-hydrogen) atoms. The summed E-state index contributed by atoms with van der Waals surface area (Å²) in [6.45, 7) is 5.44. The van der Waals surface area contributed by atoms with Crippen LogP contribution in [0.2, 0.25) is 0 Å². The Bertz CT molecular complexity index is 269. The Balaban J connectivity index is 2.83. The monoisotopic (exact) mass is 206 g/mol. The molecule has 0 aliphatic carbocycles. The van der Waals surface area contributed by atoms with Crippen LogP contribution in [0.3, 0.4) is 0 Å². The molecule has 1 aromatic carbocycles. The molecule has 1 unspecified atom stereocenters. The van der Waals surface area contributed by atoms with Crippen LogP contribution >= 0.6 is 0 Å². The van der Waals surface area contributed by atoms with Gasteiger partial charge in [0.25, 0.3) is 0 Å². The molecule has 1 atom stereocenters. The second-order valence-corrected chi connectivity index (χ2v) is 4.24. The van der Waals surface area contributed by atoms with Gasteiger partial charge in [0.15, 0.2) is 0 Å². The van der Waals surface area contributed by atoms with E-state index in [1.807, 2.05) is 7.05 Å². The lowest BCUT2D eigenvalue weighted by molar-refractivity contribution is 0.194. The number of rotatable bonds is 5. The van der Waals surface area contributed by atoms with Crippen molar-refractivity contribution >= 4 is 0 Å². The molecule has 84 valence electrons. The fourth-order valence-corrected chi connectivity index (χ4v) is 1.73. The minimum atomic E-state index is 0.455.